The molecule has 0 saturated heterocycles. The number of hydrogen-bond donors (Lipinski definition) is 3. The molecule has 0 aromatic heterocycles. The van der Waals surface area contributed by atoms with Crippen LogP contribution in [0.15, 0.2) is 0 Å². The summed E-state index contributed by atoms with van der Waals surface area (Å²) in [7, 11) is 0. The van der Waals surface area contributed by atoms with Gasteiger partial charge in [0, 0.05) is 51.9 Å². The monoisotopic (exact) mass is 235 g/mol. The molecule has 0 aromatic rings. The molecule has 0 aromatic carbocycles. The van der Waals surface area contributed by atoms with Gasteiger partial charge < -0.3 is 15.9 Å². The van der Waals surface area contributed by atoms with E-state index in [0.29, 0.717) is 0 Å². The van der Waals surface area contributed by atoms with Crippen molar-refractivity contribution in [2.24, 2.45) is 5.73 Å². The summed E-state index contributed by atoms with van der Waals surface area (Å²) in [5.41, 5.74) is 5.00. The smallest absolute Gasteiger partial charge is 0.320 e. The molecule has 4 N–H and O–H groups in total. The van der Waals surface area contributed by atoms with Crippen molar-refractivity contribution < 1.29 is 19.8 Å². The summed E-state index contributed by atoms with van der Waals surface area (Å²) in [5, 5.41) is 16.3. The molecule has 0 aliphatic rings. The third-order valence-corrected chi connectivity index (χ3v) is 0.986. The molecule has 0 saturated carbocycles. The molecule has 0 heterocycles. The second-order valence-corrected chi connectivity index (χ2v) is 1.88. The van der Waals surface area contributed by atoms with Crippen molar-refractivity contribution >= 4 is 57.4 Å². The van der Waals surface area contributed by atoms with Crippen LogP contribution in [0.4, 0.5) is 0 Å². The first-order valence-electron chi connectivity index (χ1n) is 2.74. The Morgan fingerprint density at radius 2 is 1.82 bits per heavy atom. The SMILES string of the molecule is N[C@@H](CCC(=O)O)C(=O)O.[Sr]. The van der Waals surface area contributed by atoms with E-state index in [9.17, 15) is 9.59 Å². The summed E-state index contributed by atoms with van der Waals surface area (Å²) < 4.78 is 0. The second-order valence-electron chi connectivity index (χ2n) is 1.88. The van der Waals surface area contributed by atoms with E-state index in [4.69, 9.17) is 15.9 Å². The van der Waals surface area contributed by atoms with Crippen LogP contribution >= 0.6 is 0 Å². The van der Waals surface area contributed by atoms with Gasteiger partial charge in [-0.15, -0.1) is 0 Å². The number of carboxylic acids is 2. The molecule has 1 atom stereocenters. The average Bonchev–Trinajstić information content (AvgIpc) is 1.82. The maximum absolute atomic E-state index is 9.99. The van der Waals surface area contributed by atoms with E-state index in [1.54, 1.807) is 0 Å². The summed E-state index contributed by atoms with van der Waals surface area (Å²) in [5.74, 6) is -2.20. The predicted molar refractivity (Wildman–Crippen MR) is 38.2 cm³/mol. The second kappa shape index (κ2) is 7.05. The number of nitrogens with two attached hydrogens (primary N) is 1. The molecule has 5 nitrogen and oxygen atoms in total. The van der Waals surface area contributed by atoms with Gasteiger partial charge >= 0.3 is 11.9 Å². The first-order chi connectivity index (χ1) is 4.54. The molecule has 11 heavy (non-hydrogen) atoms. The Labute approximate surface area is 101 Å². The molecule has 0 bridgehead atoms. The Balaban J connectivity index is 0. The van der Waals surface area contributed by atoms with E-state index >= 15 is 0 Å². The Morgan fingerprint density at radius 1 is 1.36 bits per heavy atom. The van der Waals surface area contributed by atoms with E-state index in [-0.39, 0.29) is 58.3 Å². The molecular formula is C5H9NO4Sr. The third kappa shape index (κ3) is 8.29. The molecule has 0 rings (SSSR count). The van der Waals surface area contributed by atoms with Gasteiger partial charge in [-0.25, -0.2) is 0 Å². The predicted octanol–water partition coefficient (Wildman–Crippen LogP) is -1.12. The number of aliphatic carboxylic acids is 2. The molecule has 0 fully saturated rings. The van der Waals surface area contributed by atoms with E-state index < -0.39 is 18.0 Å². The van der Waals surface area contributed by atoms with E-state index in [2.05, 4.69) is 0 Å². The van der Waals surface area contributed by atoms with Crippen LogP contribution in [-0.4, -0.2) is 73.7 Å². The molecule has 0 unspecified atom stereocenters. The van der Waals surface area contributed by atoms with Crippen molar-refractivity contribution in [3.63, 3.8) is 0 Å². The number of rotatable bonds is 4. The minimum Gasteiger partial charge on any atom is -0.481 e. The van der Waals surface area contributed by atoms with Gasteiger partial charge in [0.05, 0.1) is 0 Å². The van der Waals surface area contributed by atoms with Crippen molar-refractivity contribution in [3.05, 3.63) is 0 Å². The molecule has 0 aliphatic carbocycles. The van der Waals surface area contributed by atoms with Crippen molar-refractivity contribution in [3.8, 4) is 0 Å². The van der Waals surface area contributed by atoms with Gasteiger partial charge in [0.1, 0.15) is 6.04 Å². The van der Waals surface area contributed by atoms with Gasteiger partial charge in [-0.3, -0.25) is 9.59 Å². The van der Waals surface area contributed by atoms with Crippen LogP contribution in [0.25, 0.3) is 0 Å². The number of carboxylic acid groups (broad SMARTS) is 2. The number of carbonyl (C=O) groups is 2. The first-order valence-corrected chi connectivity index (χ1v) is 2.74. The average molecular weight is 235 g/mol. The van der Waals surface area contributed by atoms with Crippen LogP contribution in [0.3, 0.4) is 0 Å². The Hall–Kier alpha value is 0.381. The minimum absolute atomic E-state index is 0. The standard InChI is InChI=1S/C5H9NO4.Sr/c6-3(5(9)10)1-2-4(7)8;/h3H,1-2,6H2,(H,7,8)(H,9,10);/t3-;/m0./s1. The molecule has 2 radical (unpaired) electrons. The van der Waals surface area contributed by atoms with E-state index in [1.165, 1.54) is 0 Å². The molecule has 0 spiro atoms. The Bertz CT molecular complexity index is 149. The van der Waals surface area contributed by atoms with Crippen molar-refractivity contribution in [2.75, 3.05) is 0 Å². The van der Waals surface area contributed by atoms with Crippen molar-refractivity contribution in [1.29, 1.82) is 0 Å². The van der Waals surface area contributed by atoms with Crippen LogP contribution < -0.4 is 5.73 Å². The fraction of sp³-hybridized carbons (Fsp3) is 0.600. The summed E-state index contributed by atoms with van der Waals surface area (Å²) in [6, 6.07) is -1.06. The molecule has 0 amide bonds. The van der Waals surface area contributed by atoms with Crippen LogP contribution in [-0.2, 0) is 9.59 Å². The van der Waals surface area contributed by atoms with Gasteiger partial charge in [-0.2, -0.15) is 0 Å². The zero-order chi connectivity index (χ0) is 8.15. The zero-order valence-corrected chi connectivity index (χ0v) is 9.46. The summed E-state index contributed by atoms with van der Waals surface area (Å²) >= 11 is 0. The van der Waals surface area contributed by atoms with Gasteiger partial charge in [0.15, 0.2) is 0 Å². The van der Waals surface area contributed by atoms with Gasteiger partial charge in [0.2, 0.25) is 0 Å². The third-order valence-electron chi connectivity index (χ3n) is 0.986. The number of hydrogen-bond acceptors (Lipinski definition) is 3. The fourth-order valence-electron chi connectivity index (χ4n) is 0.402. The van der Waals surface area contributed by atoms with Crippen LogP contribution in [0.2, 0.25) is 0 Å². The van der Waals surface area contributed by atoms with Crippen LogP contribution in [0, 0.1) is 0 Å². The van der Waals surface area contributed by atoms with Gasteiger partial charge in [-0.05, 0) is 6.42 Å². The van der Waals surface area contributed by atoms with Crippen molar-refractivity contribution in [1.82, 2.24) is 0 Å². The minimum atomic E-state index is -1.17. The zero-order valence-electron chi connectivity index (χ0n) is 5.99. The maximum Gasteiger partial charge on any atom is 0.320 e. The van der Waals surface area contributed by atoms with Crippen molar-refractivity contribution in [2.45, 2.75) is 18.9 Å². The summed E-state index contributed by atoms with van der Waals surface area (Å²) in [6.07, 6.45) is -0.224. The summed E-state index contributed by atoms with van der Waals surface area (Å²) in [4.78, 5) is 19.9. The quantitative estimate of drug-likeness (QED) is 0.535. The van der Waals surface area contributed by atoms with Gasteiger partial charge in [0.25, 0.3) is 0 Å². The van der Waals surface area contributed by atoms with E-state index in [0.717, 1.165) is 0 Å². The Kier molecular flexibility index (Phi) is 8.94. The molecule has 60 valence electrons. The van der Waals surface area contributed by atoms with Crippen LogP contribution in [0.5, 0.6) is 0 Å². The Morgan fingerprint density at radius 3 is 2.09 bits per heavy atom. The topological polar surface area (TPSA) is 101 Å². The maximum atomic E-state index is 9.99. The first kappa shape index (κ1) is 13.9. The summed E-state index contributed by atoms with van der Waals surface area (Å²) in [6.45, 7) is 0. The molecular weight excluding hydrogens is 226 g/mol. The van der Waals surface area contributed by atoms with Gasteiger partial charge in [-0.1, -0.05) is 0 Å². The normalized spacial score (nSPS) is 11.4. The van der Waals surface area contributed by atoms with Crippen LogP contribution in [0.1, 0.15) is 12.8 Å². The fourth-order valence-corrected chi connectivity index (χ4v) is 0.402. The van der Waals surface area contributed by atoms with E-state index in [1.807, 2.05) is 0 Å². The largest absolute Gasteiger partial charge is 0.481 e. The molecule has 6 heteroatoms. The molecule has 0 aliphatic heterocycles.